The van der Waals surface area contributed by atoms with Gasteiger partial charge in [-0.25, -0.2) is 14.3 Å². The Hall–Kier alpha value is -1.43. The van der Waals surface area contributed by atoms with Gasteiger partial charge in [-0.2, -0.15) is 0 Å². The first-order valence-electron chi connectivity index (χ1n) is 9.62. The van der Waals surface area contributed by atoms with Crippen molar-refractivity contribution in [2.45, 2.75) is 32.7 Å². The van der Waals surface area contributed by atoms with Crippen LogP contribution in [0.5, 0.6) is 0 Å². The number of fused-ring (bicyclic) bond motifs is 1. The van der Waals surface area contributed by atoms with Crippen LogP contribution in [0.2, 0.25) is 0 Å². The smallest absolute Gasteiger partial charge is 0.151 e. The molecule has 28 heavy (non-hydrogen) atoms. The average Bonchev–Trinajstić information content (AvgIpc) is 3.16. The second-order valence-corrected chi connectivity index (χ2v) is 9.21. The van der Waals surface area contributed by atoms with Gasteiger partial charge in [0.15, 0.2) is 5.82 Å². The highest BCUT2D eigenvalue weighted by Gasteiger charge is 2.27. The first-order valence-corrected chi connectivity index (χ1v) is 11.3. The van der Waals surface area contributed by atoms with Crippen molar-refractivity contribution in [1.82, 2.24) is 18.8 Å². The maximum absolute atomic E-state index is 9.92. The maximum Gasteiger partial charge on any atom is 0.151 e. The summed E-state index contributed by atoms with van der Waals surface area (Å²) < 4.78 is 34.7. The van der Waals surface area contributed by atoms with Crippen molar-refractivity contribution < 1.29 is 18.6 Å². The summed E-state index contributed by atoms with van der Waals surface area (Å²) >= 11 is 0. The lowest BCUT2D eigenvalue weighted by Crippen LogP contribution is -2.24. The Bertz CT molecular complexity index is 798. The molecule has 0 unspecified atom stereocenters. The van der Waals surface area contributed by atoms with Crippen molar-refractivity contribution in [2.24, 2.45) is 0 Å². The molecule has 0 bridgehead atoms. The zero-order chi connectivity index (χ0) is 20.1. The number of ether oxygens (including phenoxy) is 2. The molecular formula is C18H31N5O4S. The van der Waals surface area contributed by atoms with E-state index < -0.39 is 10.8 Å². The molecule has 0 aliphatic carbocycles. The number of nitrogens with two attached hydrogens (primary N) is 1. The minimum atomic E-state index is -2.53. The molecule has 1 fully saturated rings. The Kier molecular flexibility index (Phi) is 7.13. The Balaban J connectivity index is 1.55. The predicted octanol–water partition coefficient (Wildman–Crippen LogP) is 2.29. The van der Waals surface area contributed by atoms with Gasteiger partial charge in [-0.15, -0.1) is 10.8 Å². The lowest BCUT2D eigenvalue weighted by atomic mass is 10.3. The van der Waals surface area contributed by atoms with Gasteiger partial charge in [-0.05, 0) is 25.8 Å². The minimum Gasteiger partial charge on any atom is -0.384 e. The van der Waals surface area contributed by atoms with E-state index in [1.807, 2.05) is 13.0 Å². The van der Waals surface area contributed by atoms with Gasteiger partial charge >= 0.3 is 0 Å². The highest BCUT2D eigenvalue weighted by molar-refractivity contribution is 8.22. The zero-order valence-corrected chi connectivity index (χ0v) is 17.5. The Morgan fingerprint density at radius 2 is 2.04 bits per heavy atom. The lowest BCUT2D eigenvalue weighted by molar-refractivity contribution is 0.120. The topological polar surface area (TPSA) is 119 Å². The van der Waals surface area contributed by atoms with Crippen molar-refractivity contribution in [3.8, 4) is 0 Å². The molecule has 4 N–H and O–H groups in total. The number of rotatable bonds is 10. The minimum absolute atomic E-state index is 0.443. The summed E-state index contributed by atoms with van der Waals surface area (Å²) in [4.78, 5) is 8.96. The third kappa shape index (κ3) is 4.94. The molecule has 2 aromatic rings. The summed E-state index contributed by atoms with van der Waals surface area (Å²) in [5.41, 5.74) is 8.59. The van der Waals surface area contributed by atoms with E-state index in [-0.39, 0.29) is 0 Å². The molecule has 0 radical (unpaired) electrons. The fourth-order valence-electron chi connectivity index (χ4n) is 3.52. The Labute approximate surface area is 167 Å². The molecule has 0 saturated carbocycles. The average molecular weight is 414 g/mol. The summed E-state index contributed by atoms with van der Waals surface area (Å²) in [6.07, 6.45) is 2.31. The third-order valence-electron chi connectivity index (χ3n) is 4.90. The van der Waals surface area contributed by atoms with Gasteiger partial charge in [0.2, 0.25) is 0 Å². The molecule has 3 rings (SSSR count). The summed E-state index contributed by atoms with van der Waals surface area (Å²) in [7, 11) is -0.854. The summed E-state index contributed by atoms with van der Waals surface area (Å²) in [6.45, 7) is 5.69. The van der Waals surface area contributed by atoms with Gasteiger partial charge in [-0.3, -0.25) is 9.11 Å². The maximum atomic E-state index is 9.92. The quantitative estimate of drug-likeness (QED) is 0.508. The molecule has 0 spiro atoms. The molecular weight excluding hydrogens is 382 g/mol. The number of pyridine rings is 1. The second-order valence-electron chi connectivity index (χ2n) is 7.02. The standard InChI is InChI=1S/C18H31N5O4S/c1-14-13-15-17(18(19)20-14)21-16(5-10-26-2)23(15)8-11-27-9-3-6-22-7-4-12-28(22,24)25/h13,24-25H,3-12H2,1-2H3,(H2,19,20). The molecule has 3 heterocycles. The van der Waals surface area contributed by atoms with Gasteiger partial charge in [0, 0.05) is 45.5 Å². The number of nitrogens with zero attached hydrogens (tertiary/aromatic N) is 4. The fraction of sp³-hybridized carbons (Fsp3) is 0.667. The Morgan fingerprint density at radius 3 is 2.75 bits per heavy atom. The van der Waals surface area contributed by atoms with E-state index in [1.54, 1.807) is 11.4 Å². The third-order valence-corrected chi connectivity index (χ3v) is 6.92. The lowest BCUT2D eigenvalue weighted by Gasteiger charge is -2.36. The first-order chi connectivity index (χ1) is 13.4. The van der Waals surface area contributed by atoms with E-state index in [0.717, 1.165) is 41.9 Å². The molecule has 158 valence electrons. The first kappa shape index (κ1) is 21.3. The van der Waals surface area contributed by atoms with Crippen LogP contribution in [0.1, 0.15) is 24.4 Å². The number of anilines is 1. The second kappa shape index (κ2) is 9.38. The van der Waals surface area contributed by atoms with E-state index in [1.165, 1.54) is 0 Å². The van der Waals surface area contributed by atoms with E-state index in [4.69, 9.17) is 15.2 Å². The number of imidazole rings is 1. The number of hydrogen-bond donors (Lipinski definition) is 3. The molecule has 0 atom stereocenters. The van der Waals surface area contributed by atoms with Crippen LogP contribution >= 0.6 is 10.8 Å². The van der Waals surface area contributed by atoms with Crippen LogP contribution in [-0.2, 0) is 22.4 Å². The van der Waals surface area contributed by atoms with Crippen LogP contribution in [0.15, 0.2) is 6.07 Å². The van der Waals surface area contributed by atoms with Crippen LogP contribution in [-0.4, -0.2) is 73.7 Å². The van der Waals surface area contributed by atoms with Crippen molar-refractivity contribution in [2.75, 3.05) is 51.5 Å². The molecule has 9 nitrogen and oxygen atoms in total. The van der Waals surface area contributed by atoms with Crippen molar-refractivity contribution in [1.29, 1.82) is 0 Å². The highest BCUT2D eigenvalue weighted by Crippen LogP contribution is 2.48. The Morgan fingerprint density at radius 1 is 1.21 bits per heavy atom. The van der Waals surface area contributed by atoms with Crippen molar-refractivity contribution in [3.05, 3.63) is 17.6 Å². The van der Waals surface area contributed by atoms with Crippen LogP contribution < -0.4 is 5.73 Å². The summed E-state index contributed by atoms with van der Waals surface area (Å²) in [5.74, 6) is 1.84. The fourth-order valence-corrected chi connectivity index (χ4v) is 5.14. The number of nitrogen functional groups attached to an aromatic ring is 1. The van der Waals surface area contributed by atoms with Crippen molar-refractivity contribution in [3.63, 3.8) is 0 Å². The summed E-state index contributed by atoms with van der Waals surface area (Å²) in [5, 5.41) is 0. The van der Waals surface area contributed by atoms with Crippen molar-refractivity contribution >= 4 is 27.6 Å². The van der Waals surface area contributed by atoms with Gasteiger partial charge in [0.25, 0.3) is 0 Å². The van der Waals surface area contributed by atoms with E-state index in [9.17, 15) is 9.11 Å². The van der Waals surface area contributed by atoms with E-state index in [0.29, 0.717) is 50.9 Å². The molecule has 0 amide bonds. The van der Waals surface area contributed by atoms with Crippen LogP contribution in [0, 0.1) is 6.92 Å². The molecule has 1 saturated heterocycles. The molecule has 0 aromatic carbocycles. The van der Waals surface area contributed by atoms with Gasteiger partial charge in [0.05, 0.1) is 24.5 Å². The number of hydrogen-bond acceptors (Lipinski definition) is 8. The monoisotopic (exact) mass is 413 g/mol. The van der Waals surface area contributed by atoms with Crippen LogP contribution in [0.4, 0.5) is 5.82 Å². The van der Waals surface area contributed by atoms with E-state index in [2.05, 4.69) is 14.5 Å². The molecule has 10 heteroatoms. The van der Waals surface area contributed by atoms with Gasteiger partial charge in [0.1, 0.15) is 11.3 Å². The zero-order valence-electron chi connectivity index (χ0n) is 16.6. The van der Waals surface area contributed by atoms with Crippen LogP contribution in [0.3, 0.4) is 0 Å². The molecule has 1 aliphatic rings. The molecule has 2 aromatic heterocycles. The molecule has 1 aliphatic heterocycles. The highest BCUT2D eigenvalue weighted by atomic mass is 32.3. The number of aryl methyl sites for hydroxylation is 1. The number of methoxy groups -OCH3 is 1. The summed E-state index contributed by atoms with van der Waals surface area (Å²) in [6, 6.07) is 1.99. The van der Waals surface area contributed by atoms with Crippen LogP contribution in [0.25, 0.3) is 11.0 Å². The normalized spacial score (nSPS) is 18.1. The number of aromatic nitrogens is 3. The van der Waals surface area contributed by atoms with E-state index >= 15 is 0 Å². The SMILES string of the molecule is COCCc1nc2c(N)nc(C)cc2n1CCOCCCN1CCCS1(O)O. The van der Waals surface area contributed by atoms with Gasteiger partial charge < -0.3 is 19.8 Å². The predicted molar refractivity (Wildman–Crippen MR) is 112 cm³/mol. The van der Waals surface area contributed by atoms with Gasteiger partial charge in [-0.1, -0.05) is 0 Å². The largest absolute Gasteiger partial charge is 0.384 e.